The van der Waals surface area contributed by atoms with E-state index in [0.717, 1.165) is 17.8 Å². The molecule has 0 saturated carbocycles. The summed E-state index contributed by atoms with van der Waals surface area (Å²) in [6, 6.07) is 9.27. The van der Waals surface area contributed by atoms with Crippen LogP contribution in [0.1, 0.15) is 50.2 Å². The Morgan fingerprint density at radius 3 is 2.54 bits per heavy atom. The van der Waals surface area contributed by atoms with Gasteiger partial charge in [0.15, 0.2) is 0 Å². The molecule has 0 spiro atoms. The van der Waals surface area contributed by atoms with Crippen molar-refractivity contribution >= 4 is 11.9 Å². The number of pyridine rings is 1. The highest BCUT2D eigenvalue weighted by Gasteiger charge is 2.31. The lowest BCUT2D eigenvalue weighted by Crippen LogP contribution is -2.35. The Hall–Kier alpha value is -2.83. The van der Waals surface area contributed by atoms with E-state index in [4.69, 9.17) is 4.74 Å². The van der Waals surface area contributed by atoms with Crippen molar-refractivity contribution in [2.45, 2.75) is 51.6 Å². The van der Waals surface area contributed by atoms with Crippen molar-refractivity contribution in [1.82, 2.24) is 20.1 Å². The number of rotatable bonds is 5. The molecule has 3 rings (SSSR count). The Bertz CT molecular complexity index is 816. The second kappa shape index (κ2) is 8.46. The van der Waals surface area contributed by atoms with Crippen molar-refractivity contribution in [3.63, 3.8) is 0 Å². The summed E-state index contributed by atoms with van der Waals surface area (Å²) in [4.78, 5) is 30.3. The largest absolute Gasteiger partial charge is 0.444 e. The Kier molecular flexibility index (Phi) is 6.02. The van der Waals surface area contributed by atoms with Gasteiger partial charge < -0.3 is 9.64 Å². The zero-order valence-corrected chi connectivity index (χ0v) is 16.6. The molecule has 0 unspecified atom stereocenters. The van der Waals surface area contributed by atoms with Crippen LogP contribution in [-0.4, -0.2) is 50.6 Å². The van der Waals surface area contributed by atoms with Crippen LogP contribution < -0.4 is 0 Å². The molecule has 7 nitrogen and oxygen atoms in total. The summed E-state index contributed by atoms with van der Waals surface area (Å²) >= 11 is 0. The molecule has 1 amide bonds. The first-order chi connectivity index (χ1) is 13.3. The minimum Gasteiger partial charge on any atom is -0.444 e. The monoisotopic (exact) mass is 382 g/mol. The predicted octanol–water partition coefficient (Wildman–Crippen LogP) is 2.95. The summed E-state index contributed by atoms with van der Waals surface area (Å²) in [6.07, 6.45) is 2.74. The van der Waals surface area contributed by atoms with Gasteiger partial charge in [0.1, 0.15) is 11.4 Å². The SMILES string of the molecule is CC(C)(C)OC(=O)N1CC[C@@H](c2ccc(CC(=O)Cc3ccccn3)nn2)C1. The van der Waals surface area contributed by atoms with Gasteiger partial charge in [-0.2, -0.15) is 10.2 Å². The van der Waals surface area contributed by atoms with Gasteiger partial charge in [0.2, 0.25) is 0 Å². The molecule has 0 N–H and O–H groups in total. The highest BCUT2D eigenvalue weighted by molar-refractivity contribution is 5.82. The Morgan fingerprint density at radius 2 is 1.89 bits per heavy atom. The second-order valence-corrected chi connectivity index (χ2v) is 8.07. The van der Waals surface area contributed by atoms with Crippen LogP contribution in [0.5, 0.6) is 0 Å². The van der Waals surface area contributed by atoms with E-state index in [1.165, 1.54) is 0 Å². The van der Waals surface area contributed by atoms with E-state index < -0.39 is 5.60 Å². The number of Topliss-reactive ketones (excluding diaryl/α,β-unsaturated/α-hetero) is 1. The second-order valence-electron chi connectivity index (χ2n) is 8.07. The number of amides is 1. The van der Waals surface area contributed by atoms with Gasteiger partial charge in [-0.05, 0) is 51.5 Å². The summed E-state index contributed by atoms with van der Waals surface area (Å²) in [5.41, 5.74) is 1.74. The topological polar surface area (TPSA) is 85.3 Å². The third-order valence-corrected chi connectivity index (χ3v) is 4.48. The van der Waals surface area contributed by atoms with Gasteiger partial charge in [0.05, 0.1) is 17.8 Å². The summed E-state index contributed by atoms with van der Waals surface area (Å²) in [5, 5.41) is 8.50. The number of carbonyl (C=O) groups is 2. The molecule has 2 aromatic rings. The summed E-state index contributed by atoms with van der Waals surface area (Å²) in [7, 11) is 0. The van der Waals surface area contributed by atoms with Crippen molar-refractivity contribution in [3.05, 3.63) is 53.6 Å². The molecule has 1 saturated heterocycles. The fraction of sp³-hybridized carbons (Fsp3) is 0.476. The quantitative estimate of drug-likeness (QED) is 0.790. The van der Waals surface area contributed by atoms with Crippen LogP contribution in [0.4, 0.5) is 4.79 Å². The summed E-state index contributed by atoms with van der Waals surface area (Å²) < 4.78 is 5.43. The van der Waals surface area contributed by atoms with Crippen molar-refractivity contribution in [2.24, 2.45) is 0 Å². The molecule has 1 aliphatic rings. The minimum absolute atomic E-state index is 0.0534. The van der Waals surface area contributed by atoms with Crippen molar-refractivity contribution in [3.8, 4) is 0 Å². The Balaban J connectivity index is 1.53. The molecule has 1 atom stereocenters. The fourth-order valence-corrected chi connectivity index (χ4v) is 3.15. The van der Waals surface area contributed by atoms with E-state index >= 15 is 0 Å². The molecule has 0 aromatic carbocycles. The van der Waals surface area contributed by atoms with Crippen LogP contribution in [-0.2, 0) is 22.4 Å². The first kappa shape index (κ1) is 19.9. The maximum atomic E-state index is 12.2. The highest BCUT2D eigenvalue weighted by atomic mass is 16.6. The summed E-state index contributed by atoms with van der Waals surface area (Å²) in [5.74, 6) is 0.191. The van der Waals surface area contributed by atoms with E-state index in [1.54, 1.807) is 11.1 Å². The van der Waals surface area contributed by atoms with E-state index in [1.807, 2.05) is 51.1 Å². The van der Waals surface area contributed by atoms with Crippen LogP contribution >= 0.6 is 0 Å². The maximum Gasteiger partial charge on any atom is 0.410 e. The van der Waals surface area contributed by atoms with E-state index in [0.29, 0.717) is 18.8 Å². The number of carbonyl (C=O) groups excluding carboxylic acids is 2. The first-order valence-corrected chi connectivity index (χ1v) is 9.52. The lowest BCUT2D eigenvalue weighted by molar-refractivity contribution is -0.117. The third-order valence-electron chi connectivity index (χ3n) is 4.48. The van der Waals surface area contributed by atoms with Crippen LogP contribution in [0.3, 0.4) is 0 Å². The van der Waals surface area contributed by atoms with Gasteiger partial charge >= 0.3 is 6.09 Å². The fourth-order valence-electron chi connectivity index (χ4n) is 3.15. The molecule has 1 fully saturated rings. The highest BCUT2D eigenvalue weighted by Crippen LogP contribution is 2.26. The molecular formula is C21H26N4O3. The molecule has 7 heteroatoms. The molecule has 0 radical (unpaired) electrons. The van der Waals surface area contributed by atoms with Gasteiger partial charge in [-0.15, -0.1) is 0 Å². The molecule has 2 aromatic heterocycles. The normalized spacial score (nSPS) is 16.8. The zero-order chi connectivity index (χ0) is 20.1. The standard InChI is InChI=1S/C21H26N4O3/c1-21(2,3)28-20(27)25-11-9-15(14-25)19-8-7-17(23-24-19)13-18(26)12-16-6-4-5-10-22-16/h4-8,10,15H,9,11-14H2,1-3H3/t15-/m1/s1. The minimum atomic E-state index is -0.502. The average molecular weight is 382 g/mol. The number of nitrogens with zero attached hydrogens (tertiary/aromatic N) is 4. The maximum absolute atomic E-state index is 12.2. The third kappa shape index (κ3) is 5.58. The van der Waals surface area contributed by atoms with E-state index in [9.17, 15) is 9.59 Å². The van der Waals surface area contributed by atoms with Crippen LogP contribution in [0, 0.1) is 0 Å². The number of likely N-dealkylation sites (tertiary alicyclic amines) is 1. The van der Waals surface area contributed by atoms with Crippen molar-refractivity contribution < 1.29 is 14.3 Å². The van der Waals surface area contributed by atoms with Crippen LogP contribution in [0.25, 0.3) is 0 Å². The number of hydrogen-bond donors (Lipinski definition) is 0. The molecule has 0 aliphatic carbocycles. The van der Waals surface area contributed by atoms with Gasteiger partial charge in [-0.1, -0.05) is 6.07 Å². The van der Waals surface area contributed by atoms with E-state index in [-0.39, 0.29) is 30.6 Å². The predicted molar refractivity (Wildman–Crippen MR) is 104 cm³/mol. The molecule has 28 heavy (non-hydrogen) atoms. The van der Waals surface area contributed by atoms with Gasteiger partial charge in [-0.25, -0.2) is 4.79 Å². The summed E-state index contributed by atoms with van der Waals surface area (Å²) in [6.45, 7) is 6.79. The Morgan fingerprint density at radius 1 is 1.11 bits per heavy atom. The smallest absolute Gasteiger partial charge is 0.410 e. The number of hydrogen-bond acceptors (Lipinski definition) is 6. The van der Waals surface area contributed by atoms with E-state index in [2.05, 4.69) is 15.2 Å². The Labute approximate surface area is 165 Å². The van der Waals surface area contributed by atoms with Crippen molar-refractivity contribution in [2.75, 3.05) is 13.1 Å². The number of ketones is 1. The number of ether oxygens (including phenoxy) is 1. The van der Waals surface area contributed by atoms with Gasteiger partial charge in [-0.3, -0.25) is 9.78 Å². The van der Waals surface area contributed by atoms with Crippen LogP contribution in [0.15, 0.2) is 36.5 Å². The molecular weight excluding hydrogens is 356 g/mol. The average Bonchev–Trinajstić information content (AvgIpc) is 3.12. The van der Waals surface area contributed by atoms with Crippen LogP contribution in [0.2, 0.25) is 0 Å². The van der Waals surface area contributed by atoms with Crippen molar-refractivity contribution in [1.29, 1.82) is 0 Å². The number of aromatic nitrogens is 3. The van der Waals surface area contributed by atoms with Gasteiger partial charge in [0, 0.05) is 37.3 Å². The first-order valence-electron chi connectivity index (χ1n) is 9.52. The molecule has 3 heterocycles. The lowest BCUT2D eigenvalue weighted by Gasteiger charge is -2.24. The molecule has 1 aliphatic heterocycles. The molecule has 0 bridgehead atoms. The molecule has 148 valence electrons. The van der Waals surface area contributed by atoms with Gasteiger partial charge in [0.25, 0.3) is 0 Å². The zero-order valence-electron chi connectivity index (χ0n) is 16.6. The lowest BCUT2D eigenvalue weighted by atomic mass is 10.0.